The highest BCUT2D eigenvalue weighted by molar-refractivity contribution is 5.73. The second-order valence-electron chi connectivity index (χ2n) is 10.7. The van der Waals surface area contributed by atoms with Gasteiger partial charge in [-0.05, 0) is 59.6 Å². The van der Waals surface area contributed by atoms with E-state index in [-0.39, 0.29) is 30.3 Å². The first-order valence-electron chi connectivity index (χ1n) is 11.9. The summed E-state index contributed by atoms with van der Waals surface area (Å²) in [6.07, 6.45) is 1.04. The molecule has 0 fully saturated rings. The molecule has 2 aromatic rings. The van der Waals surface area contributed by atoms with E-state index >= 15 is 0 Å². The topological polar surface area (TPSA) is 64.6 Å². The van der Waals surface area contributed by atoms with Crippen LogP contribution in [0.1, 0.15) is 56.8 Å². The Morgan fingerprint density at radius 1 is 1.15 bits per heavy atom. The van der Waals surface area contributed by atoms with E-state index in [0.717, 1.165) is 25.5 Å². The minimum Gasteiger partial charge on any atom is -0.390 e. The van der Waals surface area contributed by atoms with Gasteiger partial charge in [0.15, 0.2) is 0 Å². The predicted molar refractivity (Wildman–Crippen MR) is 132 cm³/mol. The number of anilines is 1. The van der Waals surface area contributed by atoms with Crippen LogP contribution in [0, 0.1) is 17.0 Å². The lowest BCUT2D eigenvalue weighted by molar-refractivity contribution is -0.120. The van der Waals surface area contributed by atoms with Gasteiger partial charge in [0.25, 0.3) is 0 Å². The number of hydrogen-bond donors (Lipinski definition) is 3. The van der Waals surface area contributed by atoms with Crippen molar-refractivity contribution >= 4 is 11.6 Å². The van der Waals surface area contributed by atoms with Crippen molar-refractivity contribution in [3.63, 3.8) is 0 Å². The molecule has 3 rings (SSSR count). The van der Waals surface area contributed by atoms with Crippen LogP contribution in [-0.4, -0.2) is 43.3 Å². The molecule has 2 aromatic carbocycles. The summed E-state index contributed by atoms with van der Waals surface area (Å²) >= 11 is 0. The van der Waals surface area contributed by atoms with E-state index < -0.39 is 23.8 Å². The number of benzene rings is 2. The largest absolute Gasteiger partial charge is 0.390 e. The van der Waals surface area contributed by atoms with Crippen LogP contribution in [0.2, 0.25) is 0 Å². The number of carbonyl (C=O) groups excluding carboxylic acids is 1. The number of aliphatic hydroxyl groups excluding tert-OH is 1. The molecule has 1 amide bonds. The number of nitrogens with one attached hydrogen (secondary N) is 2. The number of halogens is 2. The van der Waals surface area contributed by atoms with Crippen LogP contribution in [0.4, 0.5) is 14.5 Å². The maximum absolute atomic E-state index is 13.6. The summed E-state index contributed by atoms with van der Waals surface area (Å²) in [4.78, 5) is 14.0. The third-order valence-electron chi connectivity index (χ3n) is 6.17. The van der Waals surface area contributed by atoms with Gasteiger partial charge < -0.3 is 20.6 Å². The van der Waals surface area contributed by atoms with Crippen molar-refractivity contribution in [3.05, 3.63) is 64.7 Å². The number of amides is 1. The predicted octanol–water partition coefficient (Wildman–Crippen LogP) is 4.13. The minimum absolute atomic E-state index is 0.0605. The van der Waals surface area contributed by atoms with Crippen LogP contribution in [0.25, 0.3) is 0 Å². The van der Waals surface area contributed by atoms with Crippen molar-refractivity contribution in [1.82, 2.24) is 10.6 Å². The molecule has 0 aromatic heterocycles. The molecule has 1 aliphatic heterocycles. The molecule has 34 heavy (non-hydrogen) atoms. The molecule has 0 aliphatic carbocycles. The molecule has 3 N–H and O–H groups in total. The van der Waals surface area contributed by atoms with E-state index in [2.05, 4.69) is 61.6 Å². The fraction of sp³-hybridized carbons (Fsp3) is 0.519. The number of hydrogen-bond acceptors (Lipinski definition) is 4. The monoisotopic (exact) mass is 473 g/mol. The van der Waals surface area contributed by atoms with Gasteiger partial charge in [-0.1, -0.05) is 32.9 Å². The highest BCUT2D eigenvalue weighted by Gasteiger charge is 2.27. The quantitative estimate of drug-likeness (QED) is 0.539. The van der Waals surface area contributed by atoms with Crippen molar-refractivity contribution in [2.24, 2.45) is 5.41 Å². The van der Waals surface area contributed by atoms with Crippen molar-refractivity contribution in [2.45, 2.75) is 65.1 Å². The van der Waals surface area contributed by atoms with Crippen LogP contribution in [-0.2, 0) is 17.6 Å². The Morgan fingerprint density at radius 2 is 1.82 bits per heavy atom. The van der Waals surface area contributed by atoms with Crippen LogP contribution in [0.5, 0.6) is 0 Å². The average Bonchev–Trinajstić information content (AvgIpc) is 2.70. The fourth-order valence-electron chi connectivity index (χ4n) is 4.70. The first-order chi connectivity index (χ1) is 15.9. The summed E-state index contributed by atoms with van der Waals surface area (Å²) in [5.74, 6) is -1.67. The lowest BCUT2D eigenvalue weighted by Gasteiger charge is -2.35. The number of rotatable bonds is 8. The van der Waals surface area contributed by atoms with Crippen LogP contribution < -0.4 is 15.5 Å². The summed E-state index contributed by atoms with van der Waals surface area (Å²) in [7, 11) is 2.08. The fourth-order valence-corrected chi connectivity index (χ4v) is 4.70. The first-order valence-corrected chi connectivity index (χ1v) is 11.9. The van der Waals surface area contributed by atoms with Gasteiger partial charge in [0.2, 0.25) is 5.91 Å². The first kappa shape index (κ1) is 26.1. The Kier molecular flexibility index (Phi) is 8.31. The minimum atomic E-state index is -0.934. The SMILES string of the molecule is CC(=O)N[C@@H](Cc1cc(F)cc(F)c1)[C@H](O)CNC1CCN(C)c2ccc(CC(C)(C)C)cc21. The molecule has 1 heterocycles. The average molecular weight is 474 g/mol. The molecule has 0 saturated heterocycles. The Balaban J connectivity index is 1.74. The van der Waals surface area contributed by atoms with Gasteiger partial charge in [-0.25, -0.2) is 8.78 Å². The smallest absolute Gasteiger partial charge is 0.217 e. The molecule has 5 nitrogen and oxygen atoms in total. The summed E-state index contributed by atoms with van der Waals surface area (Å²) in [5, 5.41) is 17.1. The summed E-state index contributed by atoms with van der Waals surface area (Å²) in [6, 6.07) is 9.24. The van der Waals surface area contributed by atoms with Crippen molar-refractivity contribution in [1.29, 1.82) is 0 Å². The van der Waals surface area contributed by atoms with Gasteiger partial charge >= 0.3 is 0 Å². The van der Waals surface area contributed by atoms with Crippen molar-refractivity contribution in [2.75, 3.05) is 25.0 Å². The Bertz CT molecular complexity index is 986. The zero-order valence-electron chi connectivity index (χ0n) is 20.8. The van der Waals surface area contributed by atoms with Crippen LogP contribution in [0.15, 0.2) is 36.4 Å². The molecular weight excluding hydrogens is 436 g/mol. The highest BCUT2D eigenvalue weighted by Crippen LogP contribution is 2.35. The Morgan fingerprint density at radius 3 is 2.44 bits per heavy atom. The molecule has 0 bridgehead atoms. The number of aliphatic hydroxyl groups is 1. The lowest BCUT2D eigenvalue weighted by Crippen LogP contribution is -2.49. The van der Waals surface area contributed by atoms with Gasteiger partial charge in [-0.15, -0.1) is 0 Å². The van der Waals surface area contributed by atoms with E-state index in [1.165, 1.54) is 35.9 Å². The number of nitrogens with zero attached hydrogens (tertiary/aromatic N) is 1. The molecule has 1 unspecified atom stereocenters. The van der Waals surface area contributed by atoms with E-state index in [9.17, 15) is 18.7 Å². The second kappa shape index (κ2) is 10.8. The second-order valence-corrected chi connectivity index (χ2v) is 10.7. The van der Waals surface area contributed by atoms with Crippen LogP contribution in [0.3, 0.4) is 0 Å². The zero-order chi connectivity index (χ0) is 25.0. The standard InChI is InChI=1S/C27H37F2N3O2/c1-17(33)31-24(13-19-10-20(28)14-21(29)11-19)26(34)16-30-23-8-9-32(5)25-7-6-18(12-22(23)25)15-27(2,3)4/h6-7,10-12,14,23-24,26,30,34H,8-9,13,15-16H2,1-5H3,(H,31,33)/t23?,24-,26+/m0/s1. The van der Waals surface area contributed by atoms with E-state index in [4.69, 9.17) is 0 Å². The number of carbonyl (C=O) groups is 1. The van der Waals surface area contributed by atoms with Gasteiger partial charge in [0.05, 0.1) is 12.1 Å². The van der Waals surface area contributed by atoms with Crippen LogP contribution >= 0.6 is 0 Å². The van der Waals surface area contributed by atoms with E-state index in [1.54, 1.807) is 0 Å². The molecule has 186 valence electrons. The third-order valence-corrected chi connectivity index (χ3v) is 6.17. The van der Waals surface area contributed by atoms with E-state index in [1.807, 2.05) is 0 Å². The Labute approximate surface area is 201 Å². The molecule has 7 heteroatoms. The normalized spacial score (nSPS) is 17.8. The van der Waals surface area contributed by atoms with Gasteiger partial charge in [-0.2, -0.15) is 0 Å². The van der Waals surface area contributed by atoms with Gasteiger partial charge in [-0.3, -0.25) is 4.79 Å². The third kappa shape index (κ3) is 7.24. The molecular formula is C27H37F2N3O2. The summed E-state index contributed by atoms with van der Waals surface area (Å²) < 4.78 is 27.3. The van der Waals surface area contributed by atoms with E-state index in [0.29, 0.717) is 5.56 Å². The van der Waals surface area contributed by atoms with Gasteiger partial charge in [0.1, 0.15) is 11.6 Å². The molecule has 0 saturated carbocycles. The maximum atomic E-state index is 13.6. The molecule has 1 aliphatic rings. The zero-order valence-corrected chi connectivity index (χ0v) is 20.8. The maximum Gasteiger partial charge on any atom is 0.217 e. The Hall–Kier alpha value is -2.51. The number of fused-ring (bicyclic) bond motifs is 1. The van der Waals surface area contributed by atoms with Crippen molar-refractivity contribution in [3.8, 4) is 0 Å². The summed E-state index contributed by atoms with van der Waals surface area (Å²) in [6.45, 7) is 9.15. The summed E-state index contributed by atoms with van der Waals surface area (Å²) in [5.41, 5.74) is 4.20. The highest BCUT2D eigenvalue weighted by atomic mass is 19.1. The molecule has 3 atom stereocenters. The van der Waals surface area contributed by atoms with Crippen molar-refractivity contribution < 1.29 is 18.7 Å². The molecule has 0 spiro atoms. The molecule has 0 radical (unpaired) electrons. The lowest BCUT2D eigenvalue weighted by atomic mass is 9.86. The van der Waals surface area contributed by atoms with Gasteiger partial charge in [0, 0.05) is 44.9 Å².